The monoisotopic (exact) mass is 1050 g/mol. The fourth-order valence-corrected chi connectivity index (χ4v) is 20.7. The summed E-state index contributed by atoms with van der Waals surface area (Å²) in [5, 5.41) is 4.43. The molecule has 0 saturated heterocycles. The molecule has 0 aliphatic carbocycles. The molecule has 79 heavy (non-hydrogen) atoms. The van der Waals surface area contributed by atoms with Gasteiger partial charge in [-0.1, -0.05) is 328 Å². The Hall–Kier alpha value is -8.45. The smallest absolute Gasteiger partial charge is 0.195 e. The van der Waals surface area contributed by atoms with Gasteiger partial charge in [0.2, 0.25) is 5.49 Å². The lowest BCUT2D eigenvalue weighted by atomic mass is 9.13. The second-order valence-corrected chi connectivity index (χ2v) is 26.4. The molecule has 0 spiro atoms. The molecule has 0 amide bonds. The predicted molar refractivity (Wildman–Crippen MR) is 354 cm³/mol. The quantitative estimate of drug-likeness (QED) is 0.0545. The Labute approximate surface area is 474 Å². The maximum atomic E-state index is 2.44. The van der Waals surface area contributed by atoms with Crippen LogP contribution in [-0.2, 0) is 16.6 Å². The summed E-state index contributed by atoms with van der Waals surface area (Å²) in [6.07, 6.45) is 0.00993. The van der Waals surface area contributed by atoms with Crippen molar-refractivity contribution in [2.24, 2.45) is 0 Å². The highest BCUT2D eigenvalue weighted by molar-refractivity contribution is 8.10. The van der Waals surface area contributed by atoms with Gasteiger partial charge in [0, 0.05) is 16.5 Å². The predicted octanol–water partition coefficient (Wildman–Crippen LogP) is 11.5. The molecule has 0 aliphatic heterocycles. The SMILES string of the molecule is C[S+](Cc1ccccc1)C[P+](c1ccccc1)(c1ccccc1)c1ccccc1.c1ccc([B-](c2ccccc2)(c2ccccc2)c2ccccc2)cc1.c1ccc([B-](c2ccccc2)(c2ccccc2)c2ccccc2)cc1. The van der Waals surface area contributed by atoms with Gasteiger partial charge >= 0.3 is 0 Å². The minimum absolute atomic E-state index is 0.258. The van der Waals surface area contributed by atoms with Gasteiger partial charge in [-0.15, -0.1) is 0 Å². The van der Waals surface area contributed by atoms with Gasteiger partial charge in [0.25, 0.3) is 0 Å². The largest absolute Gasteiger partial charge is 0.222 e. The lowest BCUT2D eigenvalue weighted by Gasteiger charge is -2.44. The van der Waals surface area contributed by atoms with Crippen molar-refractivity contribution >= 4 is 90.1 Å². The fraction of sp³-hybridized carbons (Fsp3) is 0.0400. The second kappa shape index (κ2) is 26.7. The molecule has 0 heterocycles. The zero-order valence-electron chi connectivity index (χ0n) is 45.1. The van der Waals surface area contributed by atoms with Crippen LogP contribution in [-0.4, -0.2) is 24.0 Å². The van der Waals surface area contributed by atoms with Crippen LogP contribution in [0.4, 0.5) is 0 Å². The highest BCUT2D eigenvalue weighted by Gasteiger charge is 2.50. The topological polar surface area (TPSA) is 0 Å². The van der Waals surface area contributed by atoms with Gasteiger partial charge in [-0.05, 0) is 36.4 Å². The molecule has 0 radical (unpaired) electrons. The Morgan fingerprint density at radius 1 is 0.228 bits per heavy atom. The van der Waals surface area contributed by atoms with Gasteiger partial charge in [0.15, 0.2) is 7.26 Å². The van der Waals surface area contributed by atoms with Crippen LogP contribution in [0, 0.1) is 0 Å². The van der Waals surface area contributed by atoms with Crippen molar-refractivity contribution in [1.29, 1.82) is 0 Å². The van der Waals surface area contributed by atoms with Crippen LogP contribution < -0.4 is 59.6 Å². The van der Waals surface area contributed by atoms with E-state index in [1.807, 2.05) is 0 Å². The Kier molecular flexibility index (Phi) is 18.3. The van der Waals surface area contributed by atoms with E-state index in [4.69, 9.17) is 0 Å². The molecule has 12 aromatic rings. The van der Waals surface area contributed by atoms with Crippen molar-refractivity contribution in [3.05, 3.63) is 370 Å². The summed E-state index contributed by atoms with van der Waals surface area (Å²) in [7, 11) is -1.48. The third kappa shape index (κ3) is 12.0. The first kappa shape index (κ1) is 53.9. The number of rotatable bonds is 15. The highest BCUT2D eigenvalue weighted by Crippen LogP contribution is 2.56. The van der Waals surface area contributed by atoms with Crippen LogP contribution >= 0.6 is 7.26 Å². The minimum atomic E-state index is -1.73. The summed E-state index contributed by atoms with van der Waals surface area (Å²) >= 11 is 0. The van der Waals surface area contributed by atoms with E-state index in [-0.39, 0.29) is 10.9 Å². The van der Waals surface area contributed by atoms with E-state index in [2.05, 4.69) is 370 Å². The maximum Gasteiger partial charge on any atom is 0.222 e. The van der Waals surface area contributed by atoms with Crippen LogP contribution in [0.25, 0.3) is 0 Å². The van der Waals surface area contributed by atoms with Crippen molar-refractivity contribution in [2.75, 3.05) is 11.7 Å². The molecule has 0 saturated carbocycles. The summed E-state index contributed by atoms with van der Waals surface area (Å²) in [6, 6.07) is 132. The number of hydrogen-bond acceptors (Lipinski definition) is 0. The van der Waals surface area contributed by atoms with Crippen LogP contribution in [0.1, 0.15) is 5.56 Å². The summed E-state index contributed by atoms with van der Waals surface area (Å²) in [6.45, 7) is 0. The Bertz CT molecular complexity index is 3040. The molecule has 1 atom stereocenters. The lowest BCUT2D eigenvalue weighted by Crippen LogP contribution is -2.74. The van der Waals surface area contributed by atoms with Crippen LogP contribution in [0.3, 0.4) is 0 Å². The molecule has 0 aliphatic rings. The van der Waals surface area contributed by atoms with Crippen molar-refractivity contribution < 1.29 is 0 Å². The molecule has 0 nitrogen and oxygen atoms in total. The van der Waals surface area contributed by atoms with Crippen molar-refractivity contribution in [1.82, 2.24) is 0 Å². The second-order valence-electron chi connectivity index (χ2n) is 20.4. The summed E-state index contributed by atoms with van der Waals surface area (Å²) < 4.78 is 0. The first-order chi connectivity index (χ1) is 39.1. The number of benzene rings is 12. The van der Waals surface area contributed by atoms with E-state index >= 15 is 0 Å². The minimum Gasteiger partial charge on any atom is -0.195 e. The molecule has 12 rings (SSSR count). The highest BCUT2D eigenvalue weighted by atomic mass is 32.2. The van der Waals surface area contributed by atoms with Gasteiger partial charge in [0.1, 0.15) is 40.2 Å². The van der Waals surface area contributed by atoms with E-state index in [9.17, 15) is 0 Å². The first-order valence-corrected chi connectivity index (χ1v) is 31.5. The van der Waals surface area contributed by atoms with Crippen LogP contribution in [0.5, 0.6) is 0 Å². The average Bonchev–Trinajstić information content (AvgIpc) is 3.58. The van der Waals surface area contributed by atoms with Gasteiger partial charge in [-0.2, -0.15) is 43.7 Å². The molecule has 0 N–H and O–H groups in total. The van der Waals surface area contributed by atoms with Gasteiger partial charge in [-0.3, -0.25) is 0 Å². The molecular weight excluding hydrogens is 985 g/mol. The van der Waals surface area contributed by atoms with E-state index in [0.29, 0.717) is 0 Å². The third-order valence-electron chi connectivity index (χ3n) is 15.7. The molecule has 0 fully saturated rings. The molecular formula is C75H67B2PS. The van der Waals surface area contributed by atoms with E-state index in [0.717, 1.165) is 5.75 Å². The van der Waals surface area contributed by atoms with Gasteiger partial charge in [0.05, 0.1) is 0 Å². The Balaban J connectivity index is 0.000000134. The normalized spacial score (nSPS) is 11.7. The van der Waals surface area contributed by atoms with Crippen LogP contribution in [0.2, 0.25) is 0 Å². The molecule has 4 heteroatoms. The Morgan fingerprint density at radius 2 is 0.392 bits per heavy atom. The van der Waals surface area contributed by atoms with Crippen molar-refractivity contribution in [3.8, 4) is 0 Å². The first-order valence-electron chi connectivity index (χ1n) is 27.6. The van der Waals surface area contributed by atoms with E-state index in [1.165, 1.54) is 70.7 Å². The van der Waals surface area contributed by atoms with Gasteiger partial charge in [-0.25, -0.2) is 0 Å². The van der Waals surface area contributed by atoms with Crippen molar-refractivity contribution in [3.63, 3.8) is 0 Å². The van der Waals surface area contributed by atoms with E-state index < -0.39 is 19.6 Å². The standard InChI is InChI=1S/C27H27PS.2C24H20B/c1-29(22-24-14-6-2-7-15-24)23-28(25-16-8-3-9-17-25,26-18-10-4-11-19-26)27-20-12-5-13-21-27;2*1-5-13-21(14-6-1)25(22-15-7-2-8-16-22,23-17-9-3-10-18-23)24-19-11-4-12-20-24/h2-21H,22-23H2,1H3;2*1-20H/q+2;2*-1. The van der Waals surface area contributed by atoms with Crippen molar-refractivity contribution in [2.45, 2.75) is 5.75 Å². The zero-order chi connectivity index (χ0) is 53.8. The summed E-state index contributed by atoms with van der Waals surface area (Å²) in [4.78, 5) is 0. The lowest BCUT2D eigenvalue weighted by molar-refractivity contribution is 1.40. The molecule has 0 bridgehead atoms. The molecule has 0 aromatic heterocycles. The molecule has 12 aromatic carbocycles. The third-order valence-corrected chi connectivity index (χ3v) is 23.3. The maximum absolute atomic E-state index is 2.44. The average molecular weight is 1050 g/mol. The number of hydrogen-bond donors (Lipinski definition) is 0. The Morgan fingerprint density at radius 3 is 0.582 bits per heavy atom. The summed E-state index contributed by atoms with van der Waals surface area (Å²) in [5.74, 6) is 1.13. The van der Waals surface area contributed by atoms with Gasteiger partial charge < -0.3 is 0 Å². The molecule has 384 valence electrons. The summed E-state index contributed by atoms with van der Waals surface area (Å²) in [5.41, 5.74) is 13.3. The zero-order valence-corrected chi connectivity index (χ0v) is 46.8. The molecule has 1 unspecified atom stereocenters. The fourth-order valence-electron chi connectivity index (χ4n) is 12.2. The van der Waals surface area contributed by atoms with Crippen LogP contribution in [0.15, 0.2) is 364 Å². The van der Waals surface area contributed by atoms with E-state index in [1.54, 1.807) is 0 Å².